The van der Waals surface area contributed by atoms with Gasteiger partial charge in [-0.1, -0.05) is 0 Å². The first kappa shape index (κ1) is 13.4. The van der Waals surface area contributed by atoms with Crippen LogP contribution in [0.3, 0.4) is 0 Å². The maximum Gasteiger partial charge on any atom is 0.260 e. The Morgan fingerprint density at radius 2 is 2.26 bits per heavy atom. The van der Waals surface area contributed by atoms with E-state index in [-0.39, 0.29) is 11.7 Å². The number of rotatable bonds is 4. The summed E-state index contributed by atoms with van der Waals surface area (Å²) < 4.78 is 0. The van der Waals surface area contributed by atoms with E-state index in [2.05, 4.69) is 9.97 Å². The number of benzene rings is 1. The third-order valence-corrected chi connectivity index (χ3v) is 2.96. The quantitative estimate of drug-likeness (QED) is 0.705. The minimum absolute atomic E-state index is 0.212. The van der Waals surface area contributed by atoms with Gasteiger partial charge in [-0.05, 0) is 31.5 Å². The van der Waals surface area contributed by atoms with Crippen LogP contribution < -0.4 is 16.2 Å². The van der Waals surface area contributed by atoms with Crippen molar-refractivity contribution in [1.29, 1.82) is 0 Å². The van der Waals surface area contributed by atoms with Crippen molar-refractivity contribution in [1.82, 2.24) is 9.97 Å². The number of nitrogens with zero attached hydrogens (tertiary/aromatic N) is 2. The highest BCUT2D eigenvalue weighted by atomic mass is 16.3. The summed E-state index contributed by atoms with van der Waals surface area (Å²) in [5.41, 5.74) is 6.59. The number of nitrogen functional groups attached to an aromatic ring is 1. The molecule has 102 valence electrons. The number of hydrogen-bond acceptors (Lipinski definition) is 5. The van der Waals surface area contributed by atoms with Crippen LogP contribution in [0.25, 0.3) is 10.9 Å². The number of anilines is 2. The molecule has 0 spiro atoms. The van der Waals surface area contributed by atoms with Crippen LogP contribution in [-0.4, -0.2) is 34.8 Å². The van der Waals surface area contributed by atoms with Crippen LogP contribution in [-0.2, 0) is 0 Å². The van der Waals surface area contributed by atoms with Crippen molar-refractivity contribution in [2.75, 3.05) is 24.2 Å². The molecule has 0 saturated carbocycles. The molecule has 19 heavy (non-hydrogen) atoms. The highest BCUT2D eigenvalue weighted by Gasteiger charge is 2.08. The summed E-state index contributed by atoms with van der Waals surface area (Å²) in [7, 11) is 1.82. The number of fused-ring (bicyclic) bond motifs is 1. The predicted molar refractivity (Wildman–Crippen MR) is 76.3 cm³/mol. The zero-order valence-electron chi connectivity index (χ0n) is 11.1. The van der Waals surface area contributed by atoms with Crippen molar-refractivity contribution in [3.05, 3.63) is 28.6 Å². The summed E-state index contributed by atoms with van der Waals surface area (Å²) in [5.74, 6) is 0.489. The summed E-state index contributed by atoms with van der Waals surface area (Å²) in [6, 6.07) is 5.06. The van der Waals surface area contributed by atoms with Crippen molar-refractivity contribution in [2.24, 2.45) is 0 Å². The van der Waals surface area contributed by atoms with Crippen LogP contribution in [0, 0.1) is 0 Å². The van der Waals surface area contributed by atoms with Gasteiger partial charge in [0.1, 0.15) is 0 Å². The lowest BCUT2D eigenvalue weighted by molar-refractivity contribution is 0.186. The van der Waals surface area contributed by atoms with Gasteiger partial charge in [0.15, 0.2) is 0 Å². The van der Waals surface area contributed by atoms with E-state index in [1.807, 2.05) is 11.9 Å². The highest BCUT2D eigenvalue weighted by Crippen LogP contribution is 2.14. The molecule has 0 radical (unpaired) electrons. The van der Waals surface area contributed by atoms with E-state index in [0.717, 1.165) is 0 Å². The molecule has 0 amide bonds. The Labute approximate surface area is 110 Å². The smallest absolute Gasteiger partial charge is 0.260 e. The van der Waals surface area contributed by atoms with Gasteiger partial charge < -0.3 is 15.7 Å². The van der Waals surface area contributed by atoms with Gasteiger partial charge in [0.25, 0.3) is 5.56 Å². The zero-order chi connectivity index (χ0) is 14.0. The number of H-pyrrole nitrogens is 1. The largest absolute Gasteiger partial charge is 0.399 e. The van der Waals surface area contributed by atoms with Gasteiger partial charge in [0, 0.05) is 19.3 Å². The monoisotopic (exact) mass is 262 g/mol. The maximum atomic E-state index is 12.0. The summed E-state index contributed by atoms with van der Waals surface area (Å²) >= 11 is 0. The summed E-state index contributed by atoms with van der Waals surface area (Å²) in [6.45, 7) is 2.34. The lowest BCUT2D eigenvalue weighted by Crippen LogP contribution is -2.26. The molecule has 0 fully saturated rings. The van der Waals surface area contributed by atoms with E-state index in [9.17, 15) is 9.90 Å². The van der Waals surface area contributed by atoms with Gasteiger partial charge >= 0.3 is 0 Å². The van der Waals surface area contributed by atoms with Gasteiger partial charge in [0.2, 0.25) is 5.95 Å². The fourth-order valence-corrected chi connectivity index (χ4v) is 1.81. The van der Waals surface area contributed by atoms with Gasteiger partial charge in [-0.25, -0.2) is 4.98 Å². The van der Waals surface area contributed by atoms with Crippen LogP contribution in [0.15, 0.2) is 23.0 Å². The lowest BCUT2D eigenvalue weighted by atomic mass is 10.2. The molecule has 0 aliphatic rings. The average Bonchev–Trinajstić information content (AvgIpc) is 2.36. The Bertz CT molecular complexity index is 636. The molecule has 1 atom stereocenters. The predicted octanol–water partition coefficient (Wildman–Crippen LogP) is 0.712. The van der Waals surface area contributed by atoms with E-state index in [1.54, 1.807) is 25.1 Å². The summed E-state index contributed by atoms with van der Waals surface area (Å²) in [4.78, 5) is 20.9. The van der Waals surface area contributed by atoms with Crippen molar-refractivity contribution >= 4 is 22.5 Å². The SMILES string of the molecule is CC(O)CCN(C)c1nc2ccc(N)cc2c(=O)[nH]1. The van der Waals surface area contributed by atoms with Gasteiger partial charge in [-0.2, -0.15) is 0 Å². The van der Waals surface area contributed by atoms with E-state index in [1.165, 1.54) is 0 Å². The molecule has 0 aliphatic heterocycles. The van der Waals surface area contributed by atoms with Gasteiger partial charge in [0.05, 0.1) is 17.0 Å². The first-order valence-electron chi connectivity index (χ1n) is 6.16. The number of aliphatic hydroxyl groups excluding tert-OH is 1. The average molecular weight is 262 g/mol. The molecule has 1 heterocycles. The fourth-order valence-electron chi connectivity index (χ4n) is 1.81. The van der Waals surface area contributed by atoms with Crippen LogP contribution in [0.2, 0.25) is 0 Å². The molecule has 2 aromatic rings. The molecule has 1 aromatic carbocycles. The van der Waals surface area contributed by atoms with E-state index < -0.39 is 0 Å². The van der Waals surface area contributed by atoms with Crippen LogP contribution in [0.5, 0.6) is 0 Å². The first-order chi connectivity index (χ1) is 8.97. The fraction of sp³-hybridized carbons (Fsp3) is 0.385. The van der Waals surface area contributed by atoms with E-state index in [0.29, 0.717) is 35.5 Å². The number of aromatic amines is 1. The minimum Gasteiger partial charge on any atom is -0.399 e. The Kier molecular flexibility index (Phi) is 3.71. The maximum absolute atomic E-state index is 12.0. The van der Waals surface area contributed by atoms with Crippen molar-refractivity contribution in [2.45, 2.75) is 19.4 Å². The number of aliphatic hydroxyl groups is 1. The normalized spacial score (nSPS) is 12.6. The zero-order valence-corrected chi connectivity index (χ0v) is 11.1. The van der Waals surface area contributed by atoms with Crippen LogP contribution in [0.4, 0.5) is 11.6 Å². The van der Waals surface area contributed by atoms with E-state index >= 15 is 0 Å². The van der Waals surface area contributed by atoms with Crippen molar-refractivity contribution in [3.63, 3.8) is 0 Å². The molecule has 2 rings (SSSR count). The number of nitrogens with one attached hydrogen (secondary N) is 1. The molecular weight excluding hydrogens is 244 g/mol. The minimum atomic E-state index is -0.380. The van der Waals surface area contributed by atoms with Crippen molar-refractivity contribution < 1.29 is 5.11 Å². The molecule has 6 heteroatoms. The van der Waals surface area contributed by atoms with E-state index in [4.69, 9.17) is 5.73 Å². The lowest BCUT2D eigenvalue weighted by Gasteiger charge is -2.18. The molecule has 1 aromatic heterocycles. The molecule has 0 aliphatic carbocycles. The summed E-state index contributed by atoms with van der Waals surface area (Å²) in [6.07, 6.45) is 0.231. The molecule has 6 nitrogen and oxygen atoms in total. The van der Waals surface area contributed by atoms with Gasteiger partial charge in [-0.15, -0.1) is 0 Å². The molecule has 0 bridgehead atoms. The van der Waals surface area contributed by atoms with Crippen LogP contribution >= 0.6 is 0 Å². The molecular formula is C13H18N4O2. The second kappa shape index (κ2) is 5.27. The van der Waals surface area contributed by atoms with Crippen LogP contribution in [0.1, 0.15) is 13.3 Å². The Balaban J connectivity index is 2.35. The number of hydrogen-bond donors (Lipinski definition) is 3. The number of nitrogens with two attached hydrogens (primary N) is 1. The standard InChI is InChI=1S/C13H18N4O2/c1-8(18)5-6-17(2)13-15-11-4-3-9(14)7-10(11)12(19)16-13/h3-4,7-8,18H,5-6,14H2,1-2H3,(H,15,16,19). The Hall–Kier alpha value is -2.08. The first-order valence-corrected chi connectivity index (χ1v) is 6.16. The van der Waals surface area contributed by atoms with Crippen molar-refractivity contribution in [3.8, 4) is 0 Å². The Morgan fingerprint density at radius 1 is 1.53 bits per heavy atom. The molecule has 0 saturated heterocycles. The second-order valence-electron chi connectivity index (χ2n) is 4.73. The van der Waals surface area contributed by atoms with Gasteiger partial charge in [-0.3, -0.25) is 9.78 Å². The third-order valence-electron chi connectivity index (χ3n) is 2.96. The highest BCUT2D eigenvalue weighted by molar-refractivity contribution is 5.81. The Morgan fingerprint density at radius 3 is 2.95 bits per heavy atom. The second-order valence-corrected chi connectivity index (χ2v) is 4.73. The molecule has 1 unspecified atom stereocenters. The summed E-state index contributed by atoms with van der Waals surface area (Å²) in [5, 5.41) is 9.75. The third kappa shape index (κ3) is 3.03. The molecule has 4 N–H and O–H groups in total. The topological polar surface area (TPSA) is 95.2 Å². The number of aromatic nitrogens is 2.